The van der Waals surface area contributed by atoms with E-state index in [2.05, 4.69) is 10.3 Å². The summed E-state index contributed by atoms with van der Waals surface area (Å²) >= 11 is 1.67. The molecule has 0 saturated heterocycles. The van der Waals surface area contributed by atoms with Gasteiger partial charge in [-0.3, -0.25) is 4.79 Å². The van der Waals surface area contributed by atoms with E-state index in [4.69, 9.17) is 4.74 Å². The highest BCUT2D eigenvalue weighted by Crippen LogP contribution is 2.21. The Labute approximate surface area is 151 Å². The van der Waals surface area contributed by atoms with Crippen LogP contribution in [0.2, 0.25) is 0 Å². The Balaban J connectivity index is 1.59. The zero-order chi connectivity index (χ0) is 17.6. The van der Waals surface area contributed by atoms with Gasteiger partial charge in [0.1, 0.15) is 5.75 Å². The molecule has 0 spiro atoms. The number of carbonyl (C=O) groups is 1. The number of imidazole rings is 1. The number of hydrogen-bond donors (Lipinski definition) is 1. The smallest absolute Gasteiger partial charge is 0.255 e. The first-order valence-corrected chi connectivity index (χ1v) is 8.79. The average Bonchev–Trinajstić information content (AvgIpc) is 3.06. The molecule has 3 aromatic rings. The van der Waals surface area contributed by atoms with Gasteiger partial charge in [0.25, 0.3) is 5.91 Å². The van der Waals surface area contributed by atoms with E-state index in [1.54, 1.807) is 25.1 Å². The summed E-state index contributed by atoms with van der Waals surface area (Å²) in [6.07, 6.45) is 3.71. The van der Waals surface area contributed by atoms with Crippen LogP contribution in [0.5, 0.6) is 5.75 Å². The quantitative estimate of drug-likeness (QED) is 0.681. The number of rotatable bonds is 6. The number of benzene rings is 2. The first-order chi connectivity index (χ1) is 12.2. The molecule has 0 atom stereocenters. The van der Waals surface area contributed by atoms with Gasteiger partial charge in [0.2, 0.25) is 0 Å². The third-order valence-electron chi connectivity index (χ3n) is 3.71. The number of thioether (sulfide) groups is 1. The number of ether oxygens (including phenoxy) is 1. The molecule has 0 bridgehead atoms. The van der Waals surface area contributed by atoms with Gasteiger partial charge in [-0.15, -0.1) is 0 Å². The Bertz CT molecular complexity index is 842. The van der Waals surface area contributed by atoms with Gasteiger partial charge < -0.3 is 14.6 Å². The lowest BCUT2D eigenvalue weighted by molar-refractivity contribution is 0.102. The molecule has 0 aliphatic heterocycles. The third kappa shape index (κ3) is 4.42. The van der Waals surface area contributed by atoms with Gasteiger partial charge >= 0.3 is 0 Å². The molecule has 25 heavy (non-hydrogen) atoms. The van der Waals surface area contributed by atoms with Crippen molar-refractivity contribution in [2.75, 3.05) is 12.4 Å². The predicted molar refractivity (Wildman–Crippen MR) is 100 cm³/mol. The predicted octanol–water partition coefficient (Wildman–Crippen LogP) is 3.97. The highest BCUT2D eigenvalue weighted by atomic mass is 32.2. The van der Waals surface area contributed by atoms with E-state index in [0.717, 1.165) is 27.9 Å². The summed E-state index contributed by atoms with van der Waals surface area (Å²) in [6.45, 7) is 0. The summed E-state index contributed by atoms with van der Waals surface area (Å²) in [7, 11) is 3.59. The molecule has 1 amide bonds. The van der Waals surface area contributed by atoms with Crippen LogP contribution < -0.4 is 10.1 Å². The van der Waals surface area contributed by atoms with Gasteiger partial charge in [0, 0.05) is 36.4 Å². The molecule has 1 N–H and O–H groups in total. The van der Waals surface area contributed by atoms with Crippen LogP contribution in [0.15, 0.2) is 66.1 Å². The fraction of sp³-hybridized carbons (Fsp3) is 0.158. The maximum absolute atomic E-state index is 12.3. The SMILES string of the molecule is COc1ccc(NC(=O)c2ccc(CSc3nccn3C)cc2)cc1. The molecule has 128 valence electrons. The Morgan fingerprint density at radius 2 is 1.88 bits per heavy atom. The number of hydrogen-bond acceptors (Lipinski definition) is 4. The number of methoxy groups -OCH3 is 1. The molecule has 6 heteroatoms. The van der Waals surface area contributed by atoms with Crippen LogP contribution in [0.1, 0.15) is 15.9 Å². The standard InChI is InChI=1S/C19H19N3O2S/c1-22-12-11-20-19(22)25-13-14-3-5-15(6-4-14)18(23)21-16-7-9-17(24-2)10-8-16/h3-12H,13H2,1-2H3,(H,21,23). The van der Waals surface area contributed by atoms with Gasteiger partial charge in [-0.25, -0.2) is 4.98 Å². The largest absolute Gasteiger partial charge is 0.497 e. The zero-order valence-corrected chi connectivity index (χ0v) is 14.9. The summed E-state index contributed by atoms with van der Waals surface area (Å²) in [5.74, 6) is 1.44. The van der Waals surface area contributed by atoms with Gasteiger partial charge in [-0.05, 0) is 42.0 Å². The highest BCUT2D eigenvalue weighted by Gasteiger charge is 2.07. The molecule has 1 heterocycles. The summed E-state index contributed by atoms with van der Waals surface area (Å²) in [6, 6.07) is 14.9. The monoisotopic (exact) mass is 353 g/mol. The van der Waals surface area contributed by atoms with Crippen molar-refractivity contribution in [1.29, 1.82) is 0 Å². The van der Waals surface area contributed by atoms with Crippen molar-refractivity contribution in [3.05, 3.63) is 72.1 Å². The molecule has 0 radical (unpaired) electrons. The number of nitrogens with one attached hydrogen (secondary N) is 1. The lowest BCUT2D eigenvalue weighted by Gasteiger charge is -2.07. The first kappa shape index (κ1) is 17.1. The first-order valence-electron chi connectivity index (χ1n) is 7.80. The molecule has 0 aliphatic carbocycles. The van der Waals surface area contributed by atoms with Crippen LogP contribution in [0.4, 0.5) is 5.69 Å². The summed E-state index contributed by atoms with van der Waals surface area (Å²) in [5.41, 5.74) is 2.51. The molecule has 0 saturated carbocycles. The molecule has 0 aliphatic rings. The number of nitrogens with zero attached hydrogens (tertiary/aromatic N) is 2. The molecular weight excluding hydrogens is 334 g/mol. The molecular formula is C19H19N3O2S. The topological polar surface area (TPSA) is 56.1 Å². The lowest BCUT2D eigenvalue weighted by atomic mass is 10.1. The number of amides is 1. The summed E-state index contributed by atoms with van der Waals surface area (Å²) in [5, 5.41) is 3.85. The minimum Gasteiger partial charge on any atom is -0.497 e. The number of anilines is 1. The van der Waals surface area contributed by atoms with E-state index in [0.29, 0.717) is 5.56 Å². The fourth-order valence-corrected chi connectivity index (χ4v) is 3.16. The molecule has 3 rings (SSSR count). The van der Waals surface area contributed by atoms with Crippen molar-refractivity contribution >= 4 is 23.4 Å². The number of carbonyl (C=O) groups excluding carboxylic acids is 1. The van der Waals surface area contributed by atoms with Crippen molar-refractivity contribution in [2.45, 2.75) is 10.9 Å². The third-order valence-corrected chi connectivity index (χ3v) is 4.84. The van der Waals surface area contributed by atoms with E-state index < -0.39 is 0 Å². The van der Waals surface area contributed by atoms with Crippen molar-refractivity contribution in [2.24, 2.45) is 7.05 Å². The van der Waals surface area contributed by atoms with Crippen LogP contribution in [0.3, 0.4) is 0 Å². The van der Waals surface area contributed by atoms with Gasteiger partial charge in [-0.2, -0.15) is 0 Å². The average molecular weight is 353 g/mol. The molecule has 1 aromatic heterocycles. The van der Waals surface area contributed by atoms with Gasteiger partial charge in [0.15, 0.2) is 5.16 Å². The molecule has 5 nitrogen and oxygen atoms in total. The lowest BCUT2D eigenvalue weighted by Crippen LogP contribution is -2.11. The minimum absolute atomic E-state index is 0.131. The number of aromatic nitrogens is 2. The second-order valence-electron chi connectivity index (χ2n) is 5.49. The highest BCUT2D eigenvalue weighted by molar-refractivity contribution is 7.98. The van der Waals surface area contributed by atoms with E-state index in [9.17, 15) is 4.79 Å². The second kappa shape index (κ2) is 7.90. The Morgan fingerprint density at radius 3 is 2.48 bits per heavy atom. The van der Waals surface area contributed by atoms with E-state index in [1.807, 2.05) is 66.3 Å². The van der Waals surface area contributed by atoms with Crippen LogP contribution in [0, 0.1) is 0 Å². The van der Waals surface area contributed by atoms with E-state index in [-0.39, 0.29) is 5.91 Å². The maximum Gasteiger partial charge on any atom is 0.255 e. The molecule has 0 fully saturated rings. The molecule has 0 unspecified atom stereocenters. The van der Waals surface area contributed by atoms with E-state index in [1.165, 1.54) is 0 Å². The van der Waals surface area contributed by atoms with Crippen molar-refractivity contribution < 1.29 is 9.53 Å². The Kier molecular flexibility index (Phi) is 5.40. The fourth-order valence-electron chi connectivity index (χ4n) is 2.27. The van der Waals surface area contributed by atoms with Crippen LogP contribution in [-0.4, -0.2) is 22.6 Å². The number of aryl methyl sites for hydroxylation is 1. The Hall–Kier alpha value is -2.73. The van der Waals surface area contributed by atoms with Gasteiger partial charge in [0.05, 0.1) is 7.11 Å². The minimum atomic E-state index is -0.131. The van der Waals surface area contributed by atoms with Crippen LogP contribution >= 0.6 is 11.8 Å². The summed E-state index contributed by atoms with van der Waals surface area (Å²) < 4.78 is 7.10. The summed E-state index contributed by atoms with van der Waals surface area (Å²) in [4.78, 5) is 16.6. The maximum atomic E-state index is 12.3. The second-order valence-corrected chi connectivity index (χ2v) is 6.43. The Morgan fingerprint density at radius 1 is 1.16 bits per heavy atom. The van der Waals surface area contributed by atoms with E-state index >= 15 is 0 Å². The van der Waals surface area contributed by atoms with Crippen molar-refractivity contribution in [3.8, 4) is 5.75 Å². The van der Waals surface area contributed by atoms with Crippen LogP contribution in [0.25, 0.3) is 0 Å². The van der Waals surface area contributed by atoms with Gasteiger partial charge in [-0.1, -0.05) is 23.9 Å². The normalized spacial score (nSPS) is 10.5. The molecule has 2 aromatic carbocycles. The van der Waals surface area contributed by atoms with Crippen LogP contribution in [-0.2, 0) is 12.8 Å². The van der Waals surface area contributed by atoms with Crippen molar-refractivity contribution in [1.82, 2.24) is 9.55 Å². The van der Waals surface area contributed by atoms with Crippen molar-refractivity contribution in [3.63, 3.8) is 0 Å². The zero-order valence-electron chi connectivity index (χ0n) is 14.1.